The first kappa shape index (κ1) is 19.6. The van der Waals surface area contributed by atoms with Gasteiger partial charge in [-0.3, -0.25) is 14.2 Å². The van der Waals surface area contributed by atoms with Gasteiger partial charge in [0.25, 0.3) is 11.5 Å². The molecule has 0 unspecified atom stereocenters. The van der Waals surface area contributed by atoms with Crippen molar-refractivity contribution >= 4 is 48.8 Å². The smallest absolute Gasteiger partial charge is 0.287 e. The van der Waals surface area contributed by atoms with Crippen molar-refractivity contribution in [1.29, 1.82) is 0 Å². The number of furan rings is 1. The molecule has 0 aliphatic carbocycles. The summed E-state index contributed by atoms with van der Waals surface area (Å²) in [5, 5.41) is 7.43. The molecule has 4 rings (SSSR count). The van der Waals surface area contributed by atoms with E-state index in [0.717, 1.165) is 10.0 Å². The van der Waals surface area contributed by atoms with E-state index in [4.69, 9.17) is 4.42 Å². The minimum absolute atomic E-state index is 0.159. The Balaban J connectivity index is 1.46. The molecule has 0 atom stereocenters. The van der Waals surface area contributed by atoms with Crippen LogP contribution in [0.4, 0.5) is 0 Å². The Bertz CT molecular complexity index is 1230. The highest BCUT2D eigenvalue weighted by Gasteiger charge is 2.12. The van der Waals surface area contributed by atoms with Crippen LogP contribution in [0.25, 0.3) is 11.0 Å². The predicted octanol–water partition coefficient (Wildman–Crippen LogP) is 3.19. The zero-order valence-electron chi connectivity index (χ0n) is 15.0. The summed E-state index contributed by atoms with van der Waals surface area (Å²) in [5.74, 6) is -0.104. The number of rotatable bonds is 6. The Hall–Kier alpha value is -2.72. The molecule has 8 nitrogen and oxygen atoms in total. The molecule has 0 spiro atoms. The fourth-order valence-electron chi connectivity index (χ4n) is 2.86. The second-order valence-corrected chi connectivity index (χ2v) is 7.97. The van der Waals surface area contributed by atoms with Gasteiger partial charge in [0.15, 0.2) is 16.1 Å². The lowest BCUT2D eigenvalue weighted by molar-refractivity contribution is 0.0923. The Morgan fingerprint density at radius 2 is 1.93 bits per heavy atom. The van der Waals surface area contributed by atoms with Gasteiger partial charge in [0.1, 0.15) is 11.7 Å². The molecule has 1 N–H and O–H groups in total. The molecule has 0 saturated heterocycles. The lowest BCUT2D eigenvalue weighted by Crippen LogP contribution is -2.27. The van der Waals surface area contributed by atoms with Crippen molar-refractivity contribution in [1.82, 2.24) is 24.6 Å². The number of carbonyl (C=O) groups excluding carboxylic acids is 1. The highest BCUT2D eigenvalue weighted by Crippen LogP contribution is 2.14. The summed E-state index contributed by atoms with van der Waals surface area (Å²) in [6.07, 6.45) is 3.03. The predicted molar refractivity (Wildman–Crippen MR) is 114 cm³/mol. The lowest BCUT2D eigenvalue weighted by Gasteiger charge is -2.07. The van der Waals surface area contributed by atoms with Crippen molar-refractivity contribution in [3.8, 4) is 0 Å². The SMILES string of the molecule is O=C(NCCn1ncc2c(=O)n(Cc3ccc(Br)cc3)cnc21)c1ccc(Br)o1. The van der Waals surface area contributed by atoms with Gasteiger partial charge in [-0.25, -0.2) is 9.67 Å². The van der Waals surface area contributed by atoms with Gasteiger partial charge in [-0.1, -0.05) is 28.1 Å². The van der Waals surface area contributed by atoms with E-state index in [9.17, 15) is 9.59 Å². The van der Waals surface area contributed by atoms with Crippen molar-refractivity contribution in [3.63, 3.8) is 0 Å². The minimum Gasteiger partial charge on any atom is -0.444 e. The van der Waals surface area contributed by atoms with Gasteiger partial charge in [0, 0.05) is 11.0 Å². The lowest BCUT2D eigenvalue weighted by atomic mass is 10.2. The van der Waals surface area contributed by atoms with Crippen molar-refractivity contribution < 1.29 is 9.21 Å². The molecule has 4 aromatic rings. The zero-order chi connectivity index (χ0) is 20.4. The number of hydrogen-bond acceptors (Lipinski definition) is 5. The molecule has 1 aromatic carbocycles. The molecule has 0 radical (unpaired) electrons. The van der Waals surface area contributed by atoms with Crippen molar-refractivity contribution in [2.45, 2.75) is 13.1 Å². The van der Waals surface area contributed by atoms with Crippen LogP contribution in [0.1, 0.15) is 16.1 Å². The summed E-state index contributed by atoms with van der Waals surface area (Å²) in [5.41, 5.74) is 1.32. The van der Waals surface area contributed by atoms with E-state index in [-0.39, 0.29) is 17.2 Å². The molecule has 1 amide bonds. The van der Waals surface area contributed by atoms with Gasteiger partial charge < -0.3 is 9.73 Å². The van der Waals surface area contributed by atoms with E-state index < -0.39 is 0 Å². The zero-order valence-corrected chi connectivity index (χ0v) is 18.2. The largest absolute Gasteiger partial charge is 0.444 e. The maximum Gasteiger partial charge on any atom is 0.287 e. The summed E-state index contributed by atoms with van der Waals surface area (Å²) in [6.45, 7) is 1.12. The number of fused-ring (bicyclic) bond motifs is 1. The number of carbonyl (C=O) groups is 1. The fourth-order valence-corrected chi connectivity index (χ4v) is 3.43. The van der Waals surface area contributed by atoms with E-state index >= 15 is 0 Å². The van der Waals surface area contributed by atoms with Crippen LogP contribution in [-0.4, -0.2) is 31.8 Å². The molecular weight excluding hydrogens is 506 g/mol. The van der Waals surface area contributed by atoms with Crippen LogP contribution in [-0.2, 0) is 13.1 Å². The number of nitrogens with one attached hydrogen (secondary N) is 1. The van der Waals surface area contributed by atoms with Gasteiger partial charge >= 0.3 is 0 Å². The first-order valence-corrected chi connectivity index (χ1v) is 10.3. The molecular formula is C19H15Br2N5O3. The molecule has 10 heteroatoms. The number of nitrogens with zero attached hydrogens (tertiary/aromatic N) is 4. The van der Waals surface area contributed by atoms with E-state index in [0.29, 0.717) is 35.3 Å². The Kier molecular flexibility index (Phi) is 5.63. The molecule has 0 aliphatic heterocycles. The van der Waals surface area contributed by atoms with Crippen LogP contribution in [0.2, 0.25) is 0 Å². The Morgan fingerprint density at radius 1 is 1.14 bits per heavy atom. The average Bonchev–Trinajstić information content (AvgIpc) is 3.32. The molecule has 0 fully saturated rings. The van der Waals surface area contributed by atoms with Crippen LogP contribution >= 0.6 is 31.9 Å². The summed E-state index contributed by atoms with van der Waals surface area (Å²) in [6, 6.07) is 11.0. The van der Waals surface area contributed by atoms with Gasteiger partial charge in [0.05, 0.1) is 19.3 Å². The van der Waals surface area contributed by atoms with Crippen LogP contribution in [0.15, 0.2) is 67.3 Å². The molecule has 148 valence electrons. The van der Waals surface area contributed by atoms with Crippen LogP contribution in [0.3, 0.4) is 0 Å². The fraction of sp³-hybridized carbons (Fsp3) is 0.158. The number of hydrogen-bond donors (Lipinski definition) is 1. The van der Waals surface area contributed by atoms with Crippen molar-refractivity contribution in [2.24, 2.45) is 0 Å². The normalized spacial score (nSPS) is 11.1. The molecule has 0 bridgehead atoms. The standard InChI is InChI=1S/C19H15Br2N5O3/c20-13-3-1-12(2-4-13)10-25-11-23-17-14(19(25)28)9-24-26(17)8-7-22-18(27)15-5-6-16(21)29-15/h1-6,9,11H,7-8,10H2,(H,22,27). The Labute approximate surface area is 181 Å². The molecule has 3 aromatic heterocycles. The average molecular weight is 521 g/mol. The maximum atomic E-state index is 12.8. The van der Waals surface area contributed by atoms with Gasteiger partial charge in [-0.2, -0.15) is 5.10 Å². The van der Waals surface area contributed by atoms with E-state index in [1.54, 1.807) is 21.4 Å². The van der Waals surface area contributed by atoms with Gasteiger partial charge in [-0.15, -0.1) is 0 Å². The number of aromatic nitrogens is 4. The second kappa shape index (κ2) is 8.34. The van der Waals surface area contributed by atoms with Gasteiger partial charge in [0.2, 0.25) is 0 Å². The first-order chi connectivity index (χ1) is 14.0. The van der Waals surface area contributed by atoms with E-state index in [2.05, 4.69) is 47.3 Å². The summed E-state index contributed by atoms with van der Waals surface area (Å²) >= 11 is 6.56. The molecule has 29 heavy (non-hydrogen) atoms. The van der Waals surface area contributed by atoms with Crippen molar-refractivity contribution in [3.05, 3.63) is 79.7 Å². The van der Waals surface area contributed by atoms with Gasteiger partial charge in [-0.05, 0) is 45.8 Å². The van der Waals surface area contributed by atoms with Crippen LogP contribution < -0.4 is 10.9 Å². The highest BCUT2D eigenvalue weighted by molar-refractivity contribution is 9.10. The number of benzene rings is 1. The molecule has 3 heterocycles. The minimum atomic E-state index is -0.322. The molecule has 0 aliphatic rings. The maximum absolute atomic E-state index is 12.8. The molecule has 0 saturated carbocycles. The topological polar surface area (TPSA) is 95.0 Å². The van der Waals surface area contributed by atoms with E-state index in [1.165, 1.54) is 12.5 Å². The highest BCUT2D eigenvalue weighted by atomic mass is 79.9. The summed E-state index contributed by atoms with van der Waals surface area (Å²) in [4.78, 5) is 29.2. The van der Waals surface area contributed by atoms with E-state index in [1.807, 2.05) is 24.3 Å². The summed E-state index contributed by atoms with van der Waals surface area (Å²) < 4.78 is 9.83. The quantitative estimate of drug-likeness (QED) is 0.421. The van der Waals surface area contributed by atoms with Crippen LogP contribution in [0, 0.1) is 0 Å². The monoisotopic (exact) mass is 519 g/mol. The summed E-state index contributed by atoms with van der Waals surface area (Å²) in [7, 11) is 0. The van der Waals surface area contributed by atoms with Crippen LogP contribution in [0.5, 0.6) is 0 Å². The van der Waals surface area contributed by atoms with Crippen molar-refractivity contribution in [2.75, 3.05) is 6.54 Å². The third-order valence-electron chi connectivity index (χ3n) is 4.29. The number of amides is 1. The third-order valence-corrected chi connectivity index (χ3v) is 5.25. The Morgan fingerprint density at radius 3 is 2.66 bits per heavy atom. The first-order valence-electron chi connectivity index (χ1n) is 8.70. The third kappa shape index (κ3) is 4.33. The number of halogens is 2. The second-order valence-electron chi connectivity index (χ2n) is 6.27.